The lowest BCUT2D eigenvalue weighted by molar-refractivity contribution is 0.208. The second-order valence-corrected chi connectivity index (χ2v) is 6.63. The fourth-order valence-corrected chi connectivity index (χ4v) is 3.17. The van der Waals surface area contributed by atoms with Crippen LogP contribution in [0.1, 0.15) is 5.56 Å². The maximum atomic E-state index is 12.4. The molecule has 6 heteroatoms. The van der Waals surface area contributed by atoms with Crippen molar-refractivity contribution in [3.8, 4) is 0 Å². The van der Waals surface area contributed by atoms with E-state index in [0.717, 1.165) is 29.4 Å². The number of para-hydroxylation sites is 1. The predicted molar refractivity (Wildman–Crippen MR) is 100 cm³/mol. The molecule has 0 aromatic heterocycles. The lowest BCUT2D eigenvalue weighted by Gasteiger charge is -2.36. The molecule has 0 bridgehead atoms. The average molecular weight is 364 g/mol. The molecule has 1 N–H and O–H groups in total. The van der Waals surface area contributed by atoms with Crippen LogP contribution in [0.4, 0.5) is 16.2 Å². The van der Waals surface area contributed by atoms with Crippen molar-refractivity contribution in [2.24, 2.45) is 0 Å². The Morgan fingerprint density at radius 3 is 2.38 bits per heavy atom. The summed E-state index contributed by atoms with van der Waals surface area (Å²) in [6.07, 6.45) is 0. The Bertz CT molecular complexity index is 743. The zero-order chi connectivity index (χ0) is 17.1. The average Bonchev–Trinajstić information content (AvgIpc) is 2.59. The van der Waals surface area contributed by atoms with Crippen molar-refractivity contribution in [3.63, 3.8) is 0 Å². The van der Waals surface area contributed by atoms with E-state index in [-0.39, 0.29) is 6.03 Å². The molecule has 0 spiro atoms. The van der Waals surface area contributed by atoms with Crippen LogP contribution in [0.2, 0.25) is 10.0 Å². The Morgan fingerprint density at radius 1 is 1.00 bits per heavy atom. The number of carbonyl (C=O) groups is 1. The van der Waals surface area contributed by atoms with Gasteiger partial charge in [0, 0.05) is 36.9 Å². The molecule has 4 nitrogen and oxygen atoms in total. The maximum absolute atomic E-state index is 12.4. The maximum Gasteiger partial charge on any atom is 0.321 e. The number of hydrogen-bond donors (Lipinski definition) is 1. The first-order valence-electron chi connectivity index (χ1n) is 7.86. The van der Waals surface area contributed by atoms with Crippen LogP contribution in [-0.4, -0.2) is 37.1 Å². The second-order valence-electron chi connectivity index (χ2n) is 5.82. The molecule has 1 saturated heterocycles. The smallest absolute Gasteiger partial charge is 0.321 e. The fourth-order valence-electron chi connectivity index (χ4n) is 2.73. The number of halogens is 2. The highest BCUT2D eigenvalue weighted by Gasteiger charge is 2.22. The number of aryl methyl sites for hydroxylation is 1. The van der Waals surface area contributed by atoms with Gasteiger partial charge in [-0.15, -0.1) is 0 Å². The number of rotatable bonds is 2. The molecule has 0 saturated carbocycles. The highest BCUT2D eigenvalue weighted by atomic mass is 35.5. The van der Waals surface area contributed by atoms with E-state index < -0.39 is 0 Å². The van der Waals surface area contributed by atoms with E-state index in [0.29, 0.717) is 23.8 Å². The molecule has 2 aromatic rings. The Labute approximate surface area is 152 Å². The molecule has 0 radical (unpaired) electrons. The third kappa shape index (κ3) is 3.77. The Hall–Kier alpha value is -1.91. The number of hydrogen-bond acceptors (Lipinski definition) is 2. The summed E-state index contributed by atoms with van der Waals surface area (Å²) < 4.78 is 0. The second kappa shape index (κ2) is 7.32. The summed E-state index contributed by atoms with van der Waals surface area (Å²) in [5.74, 6) is 0. The summed E-state index contributed by atoms with van der Waals surface area (Å²) in [7, 11) is 0. The van der Waals surface area contributed by atoms with Crippen molar-refractivity contribution in [1.29, 1.82) is 0 Å². The van der Waals surface area contributed by atoms with E-state index in [1.165, 1.54) is 0 Å². The Balaban J connectivity index is 1.59. The molecule has 2 amide bonds. The minimum absolute atomic E-state index is 0.103. The van der Waals surface area contributed by atoms with Gasteiger partial charge in [-0.05, 0) is 36.8 Å². The van der Waals surface area contributed by atoms with Crippen LogP contribution in [0.3, 0.4) is 0 Å². The molecule has 3 rings (SSSR count). The topological polar surface area (TPSA) is 35.6 Å². The monoisotopic (exact) mass is 363 g/mol. The van der Waals surface area contributed by atoms with Gasteiger partial charge in [-0.2, -0.15) is 0 Å². The molecule has 0 unspecified atom stereocenters. The lowest BCUT2D eigenvalue weighted by Crippen LogP contribution is -2.50. The summed E-state index contributed by atoms with van der Waals surface area (Å²) in [6.45, 7) is 4.74. The highest BCUT2D eigenvalue weighted by Crippen LogP contribution is 2.26. The molecule has 1 aliphatic rings. The third-order valence-electron chi connectivity index (χ3n) is 4.18. The van der Waals surface area contributed by atoms with E-state index in [9.17, 15) is 4.79 Å². The van der Waals surface area contributed by atoms with Gasteiger partial charge in [0.15, 0.2) is 0 Å². The van der Waals surface area contributed by atoms with Crippen LogP contribution in [0, 0.1) is 6.92 Å². The zero-order valence-corrected chi connectivity index (χ0v) is 14.9. The minimum Gasteiger partial charge on any atom is -0.367 e. The van der Waals surface area contributed by atoms with E-state index in [1.807, 2.05) is 43.3 Å². The summed E-state index contributed by atoms with van der Waals surface area (Å²) in [4.78, 5) is 16.4. The van der Waals surface area contributed by atoms with E-state index >= 15 is 0 Å². The summed E-state index contributed by atoms with van der Waals surface area (Å²) in [6, 6.07) is 13.2. The van der Waals surface area contributed by atoms with Crippen LogP contribution >= 0.6 is 23.2 Å². The molecular weight excluding hydrogens is 345 g/mol. The Morgan fingerprint density at radius 2 is 1.71 bits per heavy atom. The Kier molecular flexibility index (Phi) is 5.17. The van der Waals surface area contributed by atoms with Gasteiger partial charge >= 0.3 is 6.03 Å². The largest absolute Gasteiger partial charge is 0.367 e. The number of anilines is 2. The molecular formula is C18H19Cl2N3O. The van der Waals surface area contributed by atoms with Gasteiger partial charge in [-0.3, -0.25) is 0 Å². The molecule has 2 aromatic carbocycles. The van der Waals surface area contributed by atoms with Crippen molar-refractivity contribution in [2.75, 3.05) is 36.4 Å². The number of piperazine rings is 1. The fraction of sp³-hybridized carbons (Fsp3) is 0.278. The zero-order valence-electron chi connectivity index (χ0n) is 13.4. The van der Waals surface area contributed by atoms with Gasteiger partial charge < -0.3 is 15.1 Å². The van der Waals surface area contributed by atoms with Gasteiger partial charge in [-0.25, -0.2) is 4.79 Å². The van der Waals surface area contributed by atoms with Crippen molar-refractivity contribution in [1.82, 2.24) is 4.90 Å². The van der Waals surface area contributed by atoms with Crippen LogP contribution in [0.25, 0.3) is 0 Å². The van der Waals surface area contributed by atoms with Crippen LogP contribution in [-0.2, 0) is 0 Å². The lowest BCUT2D eigenvalue weighted by atomic mass is 10.2. The number of urea groups is 1. The van der Waals surface area contributed by atoms with Gasteiger partial charge in [0.25, 0.3) is 0 Å². The van der Waals surface area contributed by atoms with E-state index in [1.54, 1.807) is 11.0 Å². The van der Waals surface area contributed by atoms with Crippen molar-refractivity contribution >= 4 is 40.6 Å². The van der Waals surface area contributed by atoms with Gasteiger partial charge in [0.2, 0.25) is 0 Å². The number of nitrogens with one attached hydrogen (secondary N) is 1. The standard InChI is InChI=1S/C18H19Cl2N3O/c1-13-6-7-14(12-16(13)20)21-18(24)23-10-8-22(9-11-23)17-5-3-2-4-15(17)19/h2-7,12H,8-11H2,1H3,(H,21,24). The summed E-state index contributed by atoms with van der Waals surface area (Å²) in [5, 5.41) is 4.29. The summed E-state index contributed by atoms with van der Waals surface area (Å²) in [5.41, 5.74) is 2.72. The summed E-state index contributed by atoms with van der Waals surface area (Å²) >= 11 is 12.3. The van der Waals surface area contributed by atoms with Gasteiger partial charge in [0.1, 0.15) is 0 Å². The number of carbonyl (C=O) groups excluding carboxylic acids is 1. The first-order chi connectivity index (χ1) is 11.5. The third-order valence-corrected chi connectivity index (χ3v) is 4.91. The van der Waals surface area contributed by atoms with Crippen molar-refractivity contribution in [3.05, 3.63) is 58.1 Å². The van der Waals surface area contributed by atoms with E-state index in [4.69, 9.17) is 23.2 Å². The molecule has 1 aliphatic heterocycles. The first kappa shape index (κ1) is 16.9. The molecule has 126 valence electrons. The number of amides is 2. The van der Waals surface area contributed by atoms with Crippen LogP contribution < -0.4 is 10.2 Å². The van der Waals surface area contributed by atoms with Crippen molar-refractivity contribution in [2.45, 2.75) is 6.92 Å². The number of benzene rings is 2. The highest BCUT2D eigenvalue weighted by molar-refractivity contribution is 6.33. The normalized spacial score (nSPS) is 14.6. The van der Waals surface area contributed by atoms with Crippen LogP contribution in [0.15, 0.2) is 42.5 Å². The first-order valence-corrected chi connectivity index (χ1v) is 8.62. The SMILES string of the molecule is Cc1ccc(NC(=O)N2CCN(c3ccccc3Cl)CC2)cc1Cl. The number of nitrogens with zero attached hydrogens (tertiary/aromatic N) is 2. The molecule has 1 heterocycles. The molecule has 0 aliphatic carbocycles. The predicted octanol–water partition coefficient (Wildman–Crippen LogP) is 4.66. The molecule has 1 fully saturated rings. The van der Waals surface area contributed by atoms with Gasteiger partial charge in [-0.1, -0.05) is 41.4 Å². The van der Waals surface area contributed by atoms with Crippen molar-refractivity contribution < 1.29 is 4.79 Å². The molecule has 24 heavy (non-hydrogen) atoms. The quantitative estimate of drug-likeness (QED) is 0.842. The minimum atomic E-state index is -0.103. The van der Waals surface area contributed by atoms with Crippen LogP contribution in [0.5, 0.6) is 0 Å². The van der Waals surface area contributed by atoms with Gasteiger partial charge in [0.05, 0.1) is 10.7 Å². The van der Waals surface area contributed by atoms with E-state index in [2.05, 4.69) is 10.2 Å². The molecule has 0 atom stereocenters.